The van der Waals surface area contributed by atoms with E-state index in [1.54, 1.807) is 0 Å². The molecule has 1 nitrogen and oxygen atoms in total. The molecule has 0 aromatic heterocycles. The van der Waals surface area contributed by atoms with E-state index in [0.29, 0.717) is 6.61 Å². The third-order valence-corrected chi connectivity index (χ3v) is 7.24. The molecule has 0 amide bonds. The van der Waals surface area contributed by atoms with Gasteiger partial charge in [0, 0.05) is 6.61 Å². The van der Waals surface area contributed by atoms with Crippen molar-refractivity contribution in [2.45, 2.75) is 155 Å². The number of rotatable bonds is 26. The molecule has 0 aromatic rings. The Hall–Kier alpha value is 0.310. The predicted molar refractivity (Wildman–Crippen MR) is 136 cm³/mol. The summed E-state index contributed by atoms with van der Waals surface area (Å²) in [4.78, 5) is 0. The quantitative estimate of drug-likeness (QED) is 0.138. The van der Waals surface area contributed by atoms with Gasteiger partial charge in [0.1, 0.15) is 0 Å². The Morgan fingerprint density at radius 3 is 0.966 bits per heavy atom. The van der Waals surface area contributed by atoms with E-state index in [-0.39, 0.29) is 0 Å². The van der Waals surface area contributed by atoms with Gasteiger partial charge in [-0.25, -0.2) is 0 Å². The van der Waals surface area contributed by atoms with Crippen molar-refractivity contribution in [3.8, 4) is 0 Å². The SMILES string of the molecule is CCCCCCCCCCCCCCCCSCCCCCCCCCCCO. The summed E-state index contributed by atoms with van der Waals surface area (Å²) in [5.74, 6) is 2.78. The van der Waals surface area contributed by atoms with Crippen LogP contribution in [-0.2, 0) is 0 Å². The molecule has 176 valence electrons. The molecule has 29 heavy (non-hydrogen) atoms. The molecular weight excluding hydrogens is 372 g/mol. The van der Waals surface area contributed by atoms with Crippen LogP contribution in [-0.4, -0.2) is 23.2 Å². The summed E-state index contributed by atoms with van der Waals surface area (Å²) in [5.41, 5.74) is 0. The Labute approximate surface area is 189 Å². The number of unbranched alkanes of at least 4 members (excludes halogenated alkanes) is 21. The van der Waals surface area contributed by atoms with Crippen molar-refractivity contribution in [3.63, 3.8) is 0 Å². The largest absolute Gasteiger partial charge is 0.396 e. The van der Waals surface area contributed by atoms with Crippen molar-refractivity contribution in [3.05, 3.63) is 0 Å². The van der Waals surface area contributed by atoms with Crippen LogP contribution >= 0.6 is 11.8 Å². The van der Waals surface area contributed by atoms with Crippen molar-refractivity contribution >= 4 is 11.8 Å². The first kappa shape index (κ1) is 29.3. The molecule has 0 bridgehead atoms. The van der Waals surface area contributed by atoms with Crippen LogP contribution in [0.3, 0.4) is 0 Å². The zero-order chi connectivity index (χ0) is 21.1. The van der Waals surface area contributed by atoms with E-state index in [2.05, 4.69) is 18.7 Å². The van der Waals surface area contributed by atoms with Crippen LogP contribution in [0, 0.1) is 0 Å². The van der Waals surface area contributed by atoms with E-state index >= 15 is 0 Å². The van der Waals surface area contributed by atoms with Gasteiger partial charge in [0.25, 0.3) is 0 Å². The zero-order valence-electron chi connectivity index (χ0n) is 20.2. The van der Waals surface area contributed by atoms with Crippen molar-refractivity contribution in [2.24, 2.45) is 0 Å². The first-order chi connectivity index (χ1) is 14.4. The molecule has 0 saturated carbocycles. The first-order valence-electron chi connectivity index (χ1n) is 13.6. The lowest BCUT2D eigenvalue weighted by molar-refractivity contribution is 0.282. The lowest BCUT2D eigenvalue weighted by Gasteiger charge is -2.04. The van der Waals surface area contributed by atoms with Gasteiger partial charge < -0.3 is 5.11 Å². The molecule has 0 spiro atoms. The molecule has 0 atom stereocenters. The molecule has 0 saturated heterocycles. The molecule has 1 N–H and O–H groups in total. The van der Waals surface area contributed by atoms with Gasteiger partial charge in [-0.15, -0.1) is 0 Å². The van der Waals surface area contributed by atoms with Crippen LogP contribution in [0.2, 0.25) is 0 Å². The summed E-state index contributed by atoms with van der Waals surface area (Å²) >= 11 is 2.19. The second-order valence-corrected chi connectivity index (χ2v) is 10.3. The molecule has 0 aliphatic rings. The number of hydrogen-bond donors (Lipinski definition) is 1. The number of aliphatic hydroxyl groups excluding tert-OH is 1. The van der Waals surface area contributed by atoms with Crippen LogP contribution in [0.1, 0.15) is 155 Å². The van der Waals surface area contributed by atoms with E-state index < -0.39 is 0 Å². The Balaban J connectivity index is 2.97. The summed E-state index contributed by atoms with van der Waals surface area (Å²) in [7, 11) is 0. The Kier molecular flexibility index (Phi) is 28.6. The lowest BCUT2D eigenvalue weighted by atomic mass is 10.0. The van der Waals surface area contributed by atoms with E-state index in [4.69, 9.17) is 5.11 Å². The lowest BCUT2D eigenvalue weighted by Crippen LogP contribution is -1.87. The molecule has 0 rings (SSSR count). The smallest absolute Gasteiger partial charge is 0.0431 e. The highest BCUT2D eigenvalue weighted by Crippen LogP contribution is 2.15. The van der Waals surface area contributed by atoms with Crippen molar-refractivity contribution in [1.29, 1.82) is 0 Å². The molecule has 0 unspecified atom stereocenters. The van der Waals surface area contributed by atoms with E-state index in [1.807, 2.05) is 0 Å². The maximum atomic E-state index is 8.75. The maximum Gasteiger partial charge on any atom is 0.0431 e. The van der Waals surface area contributed by atoms with Gasteiger partial charge in [0.05, 0.1) is 0 Å². The topological polar surface area (TPSA) is 20.2 Å². The highest BCUT2D eigenvalue weighted by Gasteiger charge is 1.96. The minimum atomic E-state index is 0.372. The molecule has 0 heterocycles. The van der Waals surface area contributed by atoms with Gasteiger partial charge in [-0.3, -0.25) is 0 Å². The molecule has 0 aromatic carbocycles. The molecule has 2 heteroatoms. The van der Waals surface area contributed by atoms with Crippen molar-refractivity contribution in [2.75, 3.05) is 18.1 Å². The zero-order valence-corrected chi connectivity index (χ0v) is 21.1. The number of aliphatic hydroxyl groups is 1. The van der Waals surface area contributed by atoms with E-state index in [9.17, 15) is 0 Å². The van der Waals surface area contributed by atoms with Gasteiger partial charge in [-0.1, -0.05) is 135 Å². The monoisotopic (exact) mass is 428 g/mol. The normalized spacial score (nSPS) is 11.4. The van der Waals surface area contributed by atoms with Crippen LogP contribution in [0.25, 0.3) is 0 Å². The fourth-order valence-corrected chi connectivity index (χ4v) is 5.07. The minimum absolute atomic E-state index is 0.372. The number of hydrogen-bond acceptors (Lipinski definition) is 2. The van der Waals surface area contributed by atoms with Gasteiger partial charge in [0.15, 0.2) is 0 Å². The van der Waals surface area contributed by atoms with Crippen LogP contribution in [0.5, 0.6) is 0 Å². The fourth-order valence-electron chi connectivity index (χ4n) is 4.05. The number of thioether (sulfide) groups is 1. The van der Waals surface area contributed by atoms with Crippen LogP contribution < -0.4 is 0 Å². The highest BCUT2D eigenvalue weighted by molar-refractivity contribution is 7.99. The van der Waals surface area contributed by atoms with E-state index in [1.165, 1.54) is 153 Å². The molecular formula is C27H56OS. The highest BCUT2D eigenvalue weighted by atomic mass is 32.2. The fraction of sp³-hybridized carbons (Fsp3) is 1.00. The van der Waals surface area contributed by atoms with Gasteiger partial charge >= 0.3 is 0 Å². The molecule has 0 fully saturated rings. The van der Waals surface area contributed by atoms with Crippen LogP contribution in [0.4, 0.5) is 0 Å². The average molecular weight is 429 g/mol. The third-order valence-electron chi connectivity index (χ3n) is 6.09. The maximum absolute atomic E-state index is 8.75. The average Bonchev–Trinajstić information content (AvgIpc) is 2.74. The summed E-state index contributed by atoms with van der Waals surface area (Å²) in [6.07, 6.45) is 32.4. The second kappa shape index (κ2) is 28.3. The molecule has 0 radical (unpaired) electrons. The Morgan fingerprint density at radius 2 is 0.655 bits per heavy atom. The van der Waals surface area contributed by atoms with E-state index in [0.717, 1.165) is 6.42 Å². The summed E-state index contributed by atoms with van der Waals surface area (Å²) in [6, 6.07) is 0. The summed E-state index contributed by atoms with van der Waals surface area (Å²) in [5, 5.41) is 8.75. The van der Waals surface area contributed by atoms with Crippen LogP contribution in [0.15, 0.2) is 0 Å². The standard InChI is InChI=1S/C27H56OS/c1-2-3-4-5-6-7-8-9-10-11-14-17-20-23-26-29-27-24-21-18-15-12-13-16-19-22-25-28/h28H,2-27H2,1H3. The Bertz CT molecular complexity index is 243. The predicted octanol–water partition coefficient (Wildman–Crippen LogP) is 9.70. The van der Waals surface area contributed by atoms with Crippen molar-refractivity contribution < 1.29 is 5.11 Å². The van der Waals surface area contributed by atoms with Crippen molar-refractivity contribution in [1.82, 2.24) is 0 Å². The minimum Gasteiger partial charge on any atom is -0.396 e. The van der Waals surface area contributed by atoms with Gasteiger partial charge in [-0.2, -0.15) is 11.8 Å². The third kappa shape index (κ3) is 28.3. The van der Waals surface area contributed by atoms with Gasteiger partial charge in [0.2, 0.25) is 0 Å². The first-order valence-corrected chi connectivity index (χ1v) is 14.8. The summed E-state index contributed by atoms with van der Waals surface area (Å²) < 4.78 is 0. The molecule has 0 aliphatic heterocycles. The molecule has 0 aliphatic carbocycles. The second-order valence-electron chi connectivity index (χ2n) is 9.11. The van der Waals surface area contributed by atoms with Gasteiger partial charge in [-0.05, 0) is 30.8 Å². The Morgan fingerprint density at radius 1 is 0.379 bits per heavy atom. The summed E-state index contributed by atoms with van der Waals surface area (Å²) in [6.45, 7) is 2.67.